The number of hydrogen-bond acceptors (Lipinski definition) is 1. The Bertz CT molecular complexity index is 457. The van der Waals surface area contributed by atoms with E-state index in [1.54, 1.807) is 6.07 Å². The molecule has 20 heavy (non-hydrogen) atoms. The fraction of sp³-hybridized carbons (Fsp3) is 0.625. The van der Waals surface area contributed by atoms with Crippen LogP contribution in [-0.2, 0) is 11.8 Å². The molecule has 0 radical (unpaired) electrons. The summed E-state index contributed by atoms with van der Waals surface area (Å²) >= 11 is 0. The van der Waals surface area contributed by atoms with Crippen LogP contribution in [0.1, 0.15) is 50.7 Å². The second kappa shape index (κ2) is 5.40. The van der Waals surface area contributed by atoms with Gasteiger partial charge in [-0.25, -0.2) is 0 Å². The Morgan fingerprint density at radius 1 is 1.20 bits per heavy atom. The second-order valence-electron chi connectivity index (χ2n) is 6.19. The van der Waals surface area contributed by atoms with E-state index in [1.165, 1.54) is 6.07 Å². The molecule has 1 saturated carbocycles. The number of aliphatic hydroxyl groups is 1. The molecular formula is C16H21F3O. The maximum absolute atomic E-state index is 12.7. The first-order chi connectivity index (χ1) is 9.22. The van der Waals surface area contributed by atoms with E-state index in [2.05, 4.69) is 13.8 Å². The number of rotatable bonds is 2. The first kappa shape index (κ1) is 15.4. The molecular weight excluding hydrogens is 265 g/mol. The van der Waals surface area contributed by atoms with Gasteiger partial charge in [0.2, 0.25) is 0 Å². The highest BCUT2D eigenvalue weighted by Gasteiger charge is 2.37. The van der Waals surface area contributed by atoms with Crippen LogP contribution in [0.4, 0.5) is 13.2 Å². The molecule has 0 saturated heterocycles. The van der Waals surface area contributed by atoms with Crippen molar-refractivity contribution in [2.75, 3.05) is 0 Å². The van der Waals surface area contributed by atoms with Gasteiger partial charge in [0.25, 0.3) is 0 Å². The summed E-state index contributed by atoms with van der Waals surface area (Å²) in [6.07, 6.45) is -1.55. The van der Waals surface area contributed by atoms with Crippen LogP contribution < -0.4 is 0 Å². The number of benzene rings is 1. The van der Waals surface area contributed by atoms with Crippen molar-refractivity contribution in [1.82, 2.24) is 0 Å². The number of alkyl halides is 3. The maximum atomic E-state index is 12.7. The topological polar surface area (TPSA) is 20.2 Å². The van der Waals surface area contributed by atoms with E-state index in [4.69, 9.17) is 0 Å². The van der Waals surface area contributed by atoms with Gasteiger partial charge in [-0.1, -0.05) is 26.0 Å². The van der Waals surface area contributed by atoms with E-state index >= 15 is 0 Å². The minimum Gasteiger partial charge on any atom is -0.385 e. The fourth-order valence-corrected chi connectivity index (χ4v) is 3.06. The molecule has 1 aromatic rings. The van der Waals surface area contributed by atoms with E-state index in [-0.39, 0.29) is 0 Å². The lowest BCUT2D eigenvalue weighted by molar-refractivity contribution is -0.137. The molecule has 1 aliphatic carbocycles. The van der Waals surface area contributed by atoms with Crippen LogP contribution in [0.25, 0.3) is 0 Å². The van der Waals surface area contributed by atoms with Crippen molar-refractivity contribution in [3.63, 3.8) is 0 Å². The molecule has 0 atom stereocenters. The van der Waals surface area contributed by atoms with Crippen molar-refractivity contribution in [2.24, 2.45) is 11.8 Å². The van der Waals surface area contributed by atoms with Crippen molar-refractivity contribution >= 4 is 0 Å². The molecule has 1 N–H and O–H groups in total. The molecule has 2 rings (SSSR count). The standard InChI is InChI=1S/C16H21F3O/c1-11(2)12-6-8-15(20,9-7-12)13-4-3-5-14(10-13)16(17,18)19/h3-5,10-12,20H,6-9H2,1-2H3. The summed E-state index contributed by atoms with van der Waals surface area (Å²) in [5.74, 6) is 1.11. The molecule has 0 unspecified atom stereocenters. The molecule has 4 heteroatoms. The van der Waals surface area contributed by atoms with E-state index in [0.29, 0.717) is 30.2 Å². The summed E-state index contributed by atoms with van der Waals surface area (Å²) in [6, 6.07) is 5.12. The third-order valence-electron chi connectivity index (χ3n) is 4.53. The van der Waals surface area contributed by atoms with Gasteiger partial charge in [0.05, 0.1) is 11.2 Å². The zero-order chi connectivity index (χ0) is 15.0. The largest absolute Gasteiger partial charge is 0.416 e. The lowest BCUT2D eigenvalue weighted by atomic mass is 9.72. The SMILES string of the molecule is CC(C)C1CCC(O)(c2cccc(C(F)(F)F)c2)CC1. The predicted molar refractivity (Wildman–Crippen MR) is 72.1 cm³/mol. The molecule has 1 aliphatic rings. The van der Waals surface area contributed by atoms with Crippen molar-refractivity contribution in [3.05, 3.63) is 35.4 Å². The average molecular weight is 286 g/mol. The molecule has 0 spiro atoms. The van der Waals surface area contributed by atoms with Gasteiger partial charge in [-0.05, 0) is 55.2 Å². The zero-order valence-corrected chi connectivity index (χ0v) is 11.9. The van der Waals surface area contributed by atoms with E-state index in [1.807, 2.05) is 0 Å². The van der Waals surface area contributed by atoms with Gasteiger partial charge in [-0.15, -0.1) is 0 Å². The highest BCUT2D eigenvalue weighted by atomic mass is 19.4. The molecule has 112 valence electrons. The molecule has 0 amide bonds. The summed E-state index contributed by atoms with van der Waals surface area (Å²) in [6.45, 7) is 4.30. The molecule has 1 nitrogen and oxygen atoms in total. The number of hydrogen-bond donors (Lipinski definition) is 1. The maximum Gasteiger partial charge on any atom is 0.416 e. The van der Waals surface area contributed by atoms with Crippen LogP contribution >= 0.6 is 0 Å². The monoisotopic (exact) mass is 286 g/mol. The summed E-state index contributed by atoms with van der Waals surface area (Å²) in [5, 5.41) is 10.7. The van der Waals surface area contributed by atoms with Crippen molar-refractivity contribution in [2.45, 2.75) is 51.3 Å². The van der Waals surface area contributed by atoms with Gasteiger partial charge in [-0.3, -0.25) is 0 Å². The third kappa shape index (κ3) is 3.17. The van der Waals surface area contributed by atoms with E-state index in [0.717, 1.165) is 25.0 Å². The van der Waals surface area contributed by atoms with Crippen LogP contribution in [0.2, 0.25) is 0 Å². The molecule has 0 aliphatic heterocycles. The molecule has 1 fully saturated rings. The number of halogens is 3. The average Bonchev–Trinajstić information content (AvgIpc) is 2.38. The van der Waals surface area contributed by atoms with Gasteiger partial charge in [-0.2, -0.15) is 13.2 Å². The molecule has 0 bridgehead atoms. The highest BCUT2D eigenvalue weighted by Crippen LogP contribution is 2.42. The first-order valence-corrected chi connectivity index (χ1v) is 7.12. The first-order valence-electron chi connectivity index (χ1n) is 7.12. The summed E-state index contributed by atoms with van der Waals surface area (Å²) < 4.78 is 38.2. The van der Waals surface area contributed by atoms with Gasteiger partial charge in [0.1, 0.15) is 0 Å². The smallest absolute Gasteiger partial charge is 0.385 e. The molecule has 0 heterocycles. The van der Waals surface area contributed by atoms with E-state index < -0.39 is 17.3 Å². The van der Waals surface area contributed by atoms with Crippen LogP contribution in [0.15, 0.2) is 24.3 Å². The second-order valence-corrected chi connectivity index (χ2v) is 6.19. The normalized spacial score (nSPS) is 27.9. The van der Waals surface area contributed by atoms with Crippen LogP contribution in [-0.4, -0.2) is 5.11 Å². The summed E-state index contributed by atoms with van der Waals surface area (Å²) in [4.78, 5) is 0. The van der Waals surface area contributed by atoms with Gasteiger partial charge in [0, 0.05) is 0 Å². The van der Waals surface area contributed by atoms with Crippen molar-refractivity contribution < 1.29 is 18.3 Å². The van der Waals surface area contributed by atoms with Crippen molar-refractivity contribution in [1.29, 1.82) is 0 Å². The van der Waals surface area contributed by atoms with E-state index in [9.17, 15) is 18.3 Å². The van der Waals surface area contributed by atoms with Crippen LogP contribution in [0.5, 0.6) is 0 Å². The Labute approximate surface area is 117 Å². The van der Waals surface area contributed by atoms with Crippen LogP contribution in [0.3, 0.4) is 0 Å². The minimum absolute atomic E-state index is 0.398. The van der Waals surface area contributed by atoms with Crippen molar-refractivity contribution in [3.8, 4) is 0 Å². The Kier molecular flexibility index (Phi) is 4.14. The Morgan fingerprint density at radius 3 is 2.30 bits per heavy atom. The molecule has 0 aromatic heterocycles. The fourth-order valence-electron chi connectivity index (χ4n) is 3.06. The Morgan fingerprint density at radius 2 is 1.80 bits per heavy atom. The quantitative estimate of drug-likeness (QED) is 0.832. The predicted octanol–water partition coefficient (Wildman–Crippen LogP) is 4.74. The van der Waals surface area contributed by atoms with Gasteiger partial charge < -0.3 is 5.11 Å². The Balaban J connectivity index is 2.20. The summed E-state index contributed by atoms with van der Waals surface area (Å²) in [5.41, 5.74) is -1.39. The zero-order valence-electron chi connectivity index (χ0n) is 11.9. The van der Waals surface area contributed by atoms with Gasteiger partial charge >= 0.3 is 6.18 Å². The third-order valence-corrected chi connectivity index (χ3v) is 4.53. The highest BCUT2D eigenvalue weighted by molar-refractivity contribution is 5.30. The van der Waals surface area contributed by atoms with Gasteiger partial charge in [0.15, 0.2) is 0 Å². The summed E-state index contributed by atoms with van der Waals surface area (Å²) in [7, 11) is 0. The molecule has 1 aromatic carbocycles. The Hall–Kier alpha value is -1.03. The minimum atomic E-state index is -4.36. The lowest BCUT2D eigenvalue weighted by Crippen LogP contribution is -2.33. The van der Waals surface area contributed by atoms with Crippen LogP contribution in [0, 0.1) is 11.8 Å². The lowest BCUT2D eigenvalue weighted by Gasteiger charge is -2.38.